The summed E-state index contributed by atoms with van der Waals surface area (Å²) in [6.45, 7) is 5.45. The number of anilines is 1. The third kappa shape index (κ3) is 3.38. The molecule has 0 bridgehead atoms. The number of benzene rings is 2. The molecule has 1 atom stereocenters. The van der Waals surface area contributed by atoms with Gasteiger partial charge in [0.1, 0.15) is 11.7 Å². The number of imide groups is 1. The molecule has 7 nitrogen and oxygen atoms in total. The van der Waals surface area contributed by atoms with Crippen molar-refractivity contribution in [1.82, 2.24) is 14.3 Å². The van der Waals surface area contributed by atoms with Gasteiger partial charge in [-0.2, -0.15) is 0 Å². The SMILES string of the molecule is Cc1ccc(-c2cn3cccc(C)c3n2)cc1NC(=O)[C@H](C)N1C(=O)c2ccccc2C1=O. The summed E-state index contributed by atoms with van der Waals surface area (Å²) in [6, 6.07) is 15.3. The lowest BCUT2D eigenvalue weighted by Crippen LogP contribution is -2.45. The maximum atomic E-state index is 13.1. The largest absolute Gasteiger partial charge is 0.324 e. The van der Waals surface area contributed by atoms with Crippen molar-refractivity contribution in [1.29, 1.82) is 0 Å². The molecule has 33 heavy (non-hydrogen) atoms. The fraction of sp³-hybridized carbons (Fsp3) is 0.154. The summed E-state index contributed by atoms with van der Waals surface area (Å²) < 4.78 is 1.97. The number of hydrogen-bond donors (Lipinski definition) is 1. The maximum Gasteiger partial charge on any atom is 0.262 e. The summed E-state index contributed by atoms with van der Waals surface area (Å²) in [6.07, 6.45) is 3.89. The lowest BCUT2D eigenvalue weighted by Gasteiger charge is -2.22. The van der Waals surface area contributed by atoms with Gasteiger partial charge in [-0.3, -0.25) is 19.3 Å². The Hall–Kier alpha value is -4.26. The average Bonchev–Trinajstić information content (AvgIpc) is 3.35. The lowest BCUT2D eigenvalue weighted by atomic mass is 10.1. The van der Waals surface area contributed by atoms with E-state index in [0.29, 0.717) is 16.8 Å². The van der Waals surface area contributed by atoms with E-state index in [1.54, 1.807) is 31.2 Å². The molecule has 0 unspecified atom stereocenters. The molecule has 3 amide bonds. The van der Waals surface area contributed by atoms with E-state index in [2.05, 4.69) is 5.32 Å². The molecule has 0 radical (unpaired) electrons. The van der Waals surface area contributed by atoms with E-state index >= 15 is 0 Å². The second-order valence-corrected chi connectivity index (χ2v) is 8.27. The summed E-state index contributed by atoms with van der Waals surface area (Å²) >= 11 is 0. The number of imidazole rings is 1. The van der Waals surface area contributed by atoms with E-state index in [1.165, 1.54) is 0 Å². The number of rotatable bonds is 4. The zero-order chi connectivity index (χ0) is 23.3. The summed E-state index contributed by atoms with van der Waals surface area (Å²) in [7, 11) is 0. The first kappa shape index (κ1) is 20.6. The Morgan fingerprint density at radius 3 is 2.30 bits per heavy atom. The Balaban J connectivity index is 1.41. The van der Waals surface area contributed by atoms with Gasteiger partial charge in [-0.25, -0.2) is 4.98 Å². The van der Waals surface area contributed by atoms with Gasteiger partial charge < -0.3 is 9.72 Å². The molecule has 0 aliphatic carbocycles. The van der Waals surface area contributed by atoms with Gasteiger partial charge in [0, 0.05) is 23.6 Å². The predicted molar refractivity (Wildman–Crippen MR) is 125 cm³/mol. The smallest absolute Gasteiger partial charge is 0.262 e. The number of pyridine rings is 1. The fourth-order valence-corrected chi connectivity index (χ4v) is 4.12. The Labute approximate surface area is 190 Å². The van der Waals surface area contributed by atoms with Gasteiger partial charge >= 0.3 is 0 Å². The van der Waals surface area contributed by atoms with E-state index < -0.39 is 23.8 Å². The second-order valence-electron chi connectivity index (χ2n) is 8.27. The number of carbonyl (C=O) groups excluding carboxylic acids is 3. The van der Waals surface area contributed by atoms with Crippen LogP contribution in [-0.2, 0) is 4.79 Å². The fourth-order valence-electron chi connectivity index (χ4n) is 4.12. The molecule has 5 rings (SSSR count). The molecule has 0 saturated heterocycles. The van der Waals surface area contributed by atoms with Crippen molar-refractivity contribution in [3.8, 4) is 11.3 Å². The van der Waals surface area contributed by atoms with Gasteiger partial charge in [0.25, 0.3) is 11.8 Å². The highest BCUT2D eigenvalue weighted by Crippen LogP contribution is 2.28. The Morgan fingerprint density at radius 2 is 1.64 bits per heavy atom. The van der Waals surface area contributed by atoms with Crippen LogP contribution in [0.3, 0.4) is 0 Å². The van der Waals surface area contributed by atoms with E-state index in [0.717, 1.165) is 32.9 Å². The molecular formula is C26H22N4O3. The van der Waals surface area contributed by atoms with Crippen molar-refractivity contribution in [2.75, 3.05) is 5.32 Å². The van der Waals surface area contributed by atoms with Crippen LogP contribution in [0.25, 0.3) is 16.9 Å². The zero-order valence-corrected chi connectivity index (χ0v) is 18.5. The van der Waals surface area contributed by atoms with E-state index in [9.17, 15) is 14.4 Å². The van der Waals surface area contributed by atoms with Gasteiger partial charge in [-0.05, 0) is 56.2 Å². The van der Waals surface area contributed by atoms with Crippen LogP contribution in [-0.4, -0.2) is 38.0 Å². The molecule has 1 N–H and O–H groups in total. The van der Waals surface area contributed by atoms with Crippen LogP contribution in [0.15, 0.2) is 67.0 Å². The van der Waals surface area contributed by atoms with Gasteiger partial charge in [0.05, 0.1) is 16.8 Å². The first-order valence-corrected chi connectivity index (χ1v) is 10.7. The number of carbonyl (C=O) groups is 3. The van der Waals surface area contributed by atoms with Crippen LogP contribution < -0.4 is 5.32 Å². The highest BCUT2D eigenvalue weighted by atomic mass is 16.2. The molecule has 2 aromatic carbocycles. The van der Waals surface area contributed by atoms with Crippen molar-refractivity contribution < 1.29 is 14.4 Å². The molecule has 3 heterocycles. The molecule has 0 fully saturated rings. The molecule has 164 valence electrons. The molecule has 1 aliphatic rings. The first-order valence-electron chi connectivity index (χ1n) is 10.7. The molecule has 2 aromatic heterocycles. The minimum Gasteiger partial charge on any atom is -0.324 e. The number of amides is 3. The first-order chi connectivity index (χ1) is 15.8. The van der Waals surface area contributed by atoms with Crippen LogP contribution >= 0.6 is 0 Å². The number of aryl methyl sites for hydroxylation is 2. The van der Waals surface area contributed by atoms with Crippen LogP contribution in [0.4, 0.5) is 5.69 Å². The summed E-state index contributed by atoms with van der Waals surface area (Å²) in [5.74, 6) is -1.34. The minimum atomic E-state index is -0.960. The van der Waals surface area contributed by atoms with Crippen LogP contribution in [0.1, 0.15) is 38.8 Å². The topological polar surface area (TPSA) is 83.8 Å². The zero-order valence-electron chi connectivity index (χ0n) is 18.5. The van der Waals surface area contributed by atoms with Crippen LogP contribution in [0.5, 0.6) is 0 Å². The van der Waals surface area contributed by atoms with Crippen molar-refractivity contribution in [3.63, 3.8) is 0 Å². The summed E-state index contributed by atoms with van der Waals surface area (Å²) in [5.41, 5.74) is 5.69. The monoisotopic (exact) mass is 438 g/mol. The third-order valence-corrected chi connectivity index (χ3v) is 6.06. The molecular weight excluding hydrogens is 416 g/mol. The summed E-state index contributed by atoms with van der Waals surface area (Å²) in [4.78, 5) is 44.3. The Morgan fingerprint density at radius 1 is 0.939 bits per heavy atom. The van der Waals surface area contributed by atoms with Gasteiger partial charge in [0.15, 0.2) is 0 Å². The van der Waals surface area contributed by atoms with E-state index in [-0.39, 0.29) is 0 Å². The van der Waals surface area contributed by atoms with Gasteiger partial charge in [-0.1, -0.05) is 30.3 Å². The van der Waals surface area contributed by atoms with Crippen molar-refractivity contribution in [2.24, 2.45) is 0 Å². The molecule has 1 aliphatic heterocycles. The van der Waals surface area contributed by atoms with Crippen molar-refractivity contribution in [2.45, 2.75) is 26.8 Å². The third-order valence-electron chi connectivity index (χ3n) is 6.06. The summed E-state index contributed by atoms with van der Waals surface area (Å²) in [5, 5.41) is 2.89. The number of nitrogens with zero attached hydrogens (tertiary/aromatic N) is 3. The highest BCUT2D eigenvalue weighted by molar-refractivity contribution is 6.23. The number of aromatic nitrogens is 2. The van der Waals surface area contributed by atoms with Crippen molar-refractivity contribution >= 4 is 29.1 Å². The highest BCUT2D eigenvalue weighted by Gasteiger charge is 2.40. The molecule has 0 saturated carbocycles. The van der Waals surface area contributed by atoms with E-state index in [4.69, 9.17) is 4.98 Å². The number of hydrogen-bond acceptors (Lipinski definition) is 4. The number of nitrogens with one attached hydrogen (secondary N) is 1. The van der Waals surface area contributed by atoms with Crippen molar-refractivity contribution in [3.05, 3.63) is 89.2 Å². The van der Waals surface area contributed by atoms with Crippen LogP contribution in [0.2, 0.25) is 0 Å². The second kappa shape index (κ2) is 7.70. The van der Waals surface area contributed by atoms with E-state index in [1.807, 2.05) is 61.0 Å². The standard InChI is InChI=1S/C26H22N4O3/c1-15-10-11-18(22-14-29-12-6-7-16(2)23(29)27-22)13-21(15)28-24(31)17(3)30-25(32)19-8-4-5-9-20(19)26(30)33/h4-14,17H,1-3H3,(H,28,31)/t17-/m0/s1. The molecule has 4 aromatic rings. The Kier molecular flexibility index (Phi) is 4.82. The van der Waals surface area contributed by atoms with Gasteiger partial charge in [-0.15, -0.1) is 0 Å². The normalized spacial score (nSPS) is 14.0. The average molecular weight is 438 g/mol. The quantitative estimate of drug-likeness (QED) is 0.483. The minimum absolute atomic E-state index is 0.322. The molecule has 7 heteroatoms. The Bertz CT molecular complexity index is 1420. The molecule has 0 spiro atoms. The predicted octanol–water partition coefficient (Wildman–Crippen LogP) is 4.24. The van der Waals surface area contributed by atoms with Crippen LogP contribution in [0, 0.1) is 13.8 Å². The maximum absolute atomic E-state index is 13.1. The van der Waals surface area contributed by atoms with Gasteiger partial charge in [0.2, 0.25) is 5.91 Å². The number of fused-ring (bicyclic) bond motifs is 2. The lowest BCUT2D eigenvalue weighted by molar-refractivity contribution is -0.119.